The van der Waals surface area contributed by atoms with Gasteiger partial charge in [-0.2, -0.15) is 0 Å². The lowest BCUT2D eigenvalue weighted by molar-refractivity contribution is -0.149. The first kappa shape index (κ1) is 17.5. The molecule has 1 amide bonds. The summed E-state index contributed by atoms with van der Waals surface area (Å²) in [5, 5.41) is 9.94. The Bertz CT molecular complexity index is 719. The Kier molecular flexibility index (Phi) is 4.47. The Balaban J connectivity index is 1.47. The van der Waals surface area contributed by atoms with Gasteiger partial charge in [0.25, 0.3) is 0 Å². The number of amides is 1. The van der Waals surface area contributed by atoms with Crippen LogP contribution >= 0.6 is 0 Å². The summed E-state index contributed by atoms with van der Waals surface area (Å²) in [7, 11) is 0. The summed E-state index contributed by atoms with van der Waals surface area (Å²) < 4.78 is 13.9. The van der Waals surface area contributed by atoms with E-state index in [1.165, 1.54) is 6.07 Å². The van der Waals surface area contributed by atoms with Crippen molar-refractivity contribution in [1.29, 1.82) is 0 Å². The summed E-state index contributed by atoms with van der Waals surface area (Å²) in [6, 6.07) is 6.63. The number of aliphatic carboxylic acids is 1. The number of nitrogens with zero attached hydrogens (tertiary/aromatic N) is 2. The van der Waals surface area contributed by atoms with Crippen molar-refractivity contribution in [1.82, 2.24) is 9.80 Å². The number of fused-ring (bicyclic) bond motifs is 1. The van der Waals surface area contributed by atoms with E-state index in [4.69, 9.17) is 0 Å². The van der Waals surface area contributed by atoms with Crippen LogP contribution in [0.3, 0.4) is 0 Å². The van der Waals surface area contributed by atoms with Crippen molar-refractivity contribution in [3.8, 4) is 0 Å². The molecule has 3 fully saturated rings. The Morgan fingerprint density at radius 2 is 1.88 bits per heavy atom. The number of hydrogen-bond donors (Lipinski definition) is 1. The summed E-state index contributed by atoms with van der Waals surface area (Å²) in [4.78, 5) is 28.7. The zero-order valence-corrected chi connectivity index (χ0v) is 14.9. The summed E-state index contributed by atoms with van der Waals surface area (Å²) >= 11 is 0. The molecule has 2 aliphatic heterocycles. The zero-order chi connectivity index (χ0) is 18.3. The van der Waals surface area contributed by atoms with Crippen LogP contribution in [0.15, 0.2) is 24.3 Å². The Morgan fingerprint density at radius 3 is 2.54 bits per heavy atom. The van der Waals surface area contributed by atoms with Gasteiger partial charge in [0, 0.05) is 50.1 Å². The smallest absolute Gasteiger partial charge is 0.313 e. The molecule has 3 aliphatic rings. The van der Waals surface area contributed by atoms with Crippen LogP contribution in [0.25, 0.3) is 0 Å². The molecule has 26 heavy (non-hydrogen) atoms. The van der Waals surface area contributed by atoms with Crippen LogP contribution in [0.5, 0.6) is 0 Å². The lowest BCUT2D eigenvalue weighted by atomic mass is 9.81. The summed E-state index contributed by atoms with van der Waals surface area (Å²) in [5.41, 5.74) is -0.327. The van der Waals surface area contributed by atoms with E-state index in [-0.39, 0.29) is 30.1 Å². The number of benzene rings is 1. The lowest BCUT2D eigenvalue weighted by Crippen LogP contribution is -2.43. The molecule has 4 rings (SSSR count). The maximum Gasteiger partial charge on any atom is 0.313 e. The quantitative estimate of drug-likeness (QED) is 0.895. The maximum absolute atomic E-state index is 13.9. The van der Waals surface area contributed by atoms with E-state index in [0.29, 0.717) is 31.7 Å². The van der Waals surface area contributed by atoms with E-state index in [1.807, 2.05) is 4.90 Å². The van der Waals surface area contributed by atoms with Gasteiger partial charge in [-0.15, -0.1) is 0 Å². The molecular formula is C20H25FN2O3. The number of carbonyl (C=O) groups excluding carboxylic acids is 1. The fourth-order valence-corrected chi connectivity index (χ4v) is 5.06. The van der Waals surface area contributed by atoms with Crippen molar-refractivity contribution in [3.63, 3.8) is 0 Å². The molecule has 1 aromatic rings. The third-order valence-corrected chi connectivity index (χ3v) is 6.47. The van der Waals surface area contributed by atoms with Gasteiger partial charge < -0.3 is 10.0 Å². The third-order valence-electron chi connectivity index (χ3n) is 6.47. The minimum Gasteiger partial charge on any atom is -0.481 e. The van der Waals surface area contributed by atoms with E-state index in [0.717, 1.165) is 25.7 Å². The predicted octanol–water partition coefficient (Wildman–Crippen LogP) is 2.36. The van der Waals surface area contributed by atoms with E-state index >= 15 is 0 Å². The molecule has 0 radical (unpaired) electrons. The molecule has 1 aliphatic carbocycles. The molecule has 2 atom stereocenters. The summed E-state index contributed by atoms with van der Waals surface area (Å²) in [6.45, 7) is 2.17. The van der Waals surface area contributed by atoms with E-state index < -0.39 is 11.4 Å². The average Bonchev–Trinajstić information content (AvgIpc) is 3.30. The van der Waals surface area contributed by atoms with Crippen molar-refractivity contribution < 1.29 is 19.1 Å². The van der Waals surface area contributed by atoms with Gasteiger partial charge in [-0.25, -0.2) is 4.39 Å². The van der Waals surface area contributed by atoms with Crippen molar-refractivity contribution in [2.75, 3.05) is 26.2 Å². The highest BCUT2D eigenvalue weighted by molar-refractivity contribution is 5.83. The highest BCUT2D eigenvalue weighted by Gasteiger charge is 2.58. The number of halogens is 1. The largest absolute Gasteiger partial charge is 0.481 e. The Hall–Kier alpha value is -1.95. The number of carboxylic acids is 1. The molecule has 1 N–H and O–H groups in total. The molecule has 0 spiro atoms. The second kappa shape index (κ2) is 6.65. The number of likely N-dealkylation sites (tertiary alicyclic amines) is 2. The van der Waals surface area contributed by atoms with Crippen LogP contribution in [-0.2, 0) is 16.1 Å². The first-order valence-electron chi connectivity index (χ1n) is 9.47. The van der Waals surface area contributed by atoms with Crippen LogP contribution in [-0.4, -0.2) is 53.0 Å². The average molecular weight is 360 g/mol. The minimum absolute atomic E-state index is 0.0780. The zero-order valence-electron chi connectivity index (χ0n) is 14.9. The predicted molar refractivity (Wildman–Crippen MR) is 93.8 cm³/mol. The summed E-state index contributed by atoms with van der Waals surface area (Å²) in [6.07, 6.45) is 4.04. The molecule has 0 aromatic heterocycles. The fourth-order valence-electron chi connectivity index (χ4n) is 5.06. The normalized spacial score (nSPS) is 29.3. The number of hydrogen-bond acceptors (Lipinski definition) is 3. The van der Waals surface area contributed by atoms with Gasteiger partial charge in [-0.1, -0.05) is 31.0 Å². The molecule has 0 bridgehead atoms. The lowest BCUT2D eigenvalue weighted by Gasteiger charge is -2.27. The molecule has 2 heterocycles. The monoisotopic (exact) mass is 360 g/mol. The van der Waals surface area contributed by atoms with Crippen LogP contribution in [0.1, 0.15) is 31.2 Å². The highest BCUT2D eigenvalue weighted by Crippen LogP contribution is 2.44. The molecular weight excluding hydrogens is 335 g/mol. The highest BCUT2D eigenvalue weighted by atomic mass is 19.1. The molecule has 1 aromatic carbocycles. The topological polar surface area (TPSA) is 60.9 Å². The Labute approximate surface area is 152 Å². The van der Waals surface area contributed by atoms with Gasteiger partial charge in [0.2, 0.25) is 5.91 Å². The van der Waals surface area contributed by atoms with E-state index in [9.17, 15) is 19.1 Å². The van der Waals surface area contributed by atoms with Crippen LogP contribution < -0.4 is 0 Å². The van der Waals surface area contributed by atoms with Gasteiger partial charge >= 0.3 is 5.97 Å². The van der Waals surface area contributed by atoms with Crippen molar-refractivity contribution >= 4 is 11.9 Å². The van der Waals surface area contributed by atoms with Gasteiger partial charge in [-0.3, -0.25) is 14.5 Å². The molecule has 6 heteroatoms. The van der Waals surface area contributed by atoms with Crippen molar-refractivity contribution in [2.24, 2.45) is 17.3 Å². The number of carboxylic acid groups (broad SMARTS) is 1. The van der Waals surface area contributed by atoms with E-state index in [1.54, 1.807) is 23.1 Å². The van der Waals surface area contributed by atoms with Crippen molar-refractivity contribution in [3.05, 3.63) is 35.6 Å². The number of rotatable bonds is 4. The van der Waals surface area contributed by atoms with Crippen LogP contribution in [0, 0.1) is 23.1 Å². The van der Waals surface area contributed by atoms with Crippen LogP contribution in [0.2, 0.25) is 0 Å². The van der Waals surface area contributed by atoms with E-state index in [2.05, 4.69) is 0 Å². The third kappa shape index (κ3) is 2.90. The standard InChI is InChI=1S/C20H25FN2O3/c21-17-8-4-3-7-15(17)9-22-10-16-11-23(13-20(16,12-22)19(25)26)18(24)14-5-1-2-6-14/h3-4,7-8,14,16H,1-2,5-6,9-13H2,(H,25,26)/t16-,20-/m1/s1. The molecule has 140 valence electrons. The minimum atomic E-state index is -0.917. The maximum atomic E-state index is 13.9. The first-order valence-corrected chi connectivity index (χ1v) is 9.47. The molecule has 2 saturated heterocycles. The molecule has 1 saturated carbocycles. The van der Waals surface area contributed by atoms with Gasteiger partial charge in [0.1, 0.15) is 11.2 Å². The molecule has 0 unspecified atom stereocenters. The summed E-state index contributed by atoms with van der Waals surface area (Å²) in [5.74, 6) is -0.961. The number of carbonyl (C=O) groups is 2. The van der Waals surface area contributed by atoms with Gasteiger partial charge in [0.05, 0.1) is 0 Å². The molecule has 5 nitrogen and oxygen atoms in total. The first-order chi connectivity index (χ1) is 12.5. The Morgan fingerprint density at radius 1 is 1.15 bits per heavy atom. The SMILES string of the molecule is O=C(C1CCCC1)N1C[C@H]2CN(Cc3ccccc3F)C[C@@]2(C(=O)O)C1. The second-order valence-corrected chi connectivity index (χ2v) is 8.12. The van der Waals surface area contributed by atoms with Gasteiger partial charge in [0.15, 0.2) is 0 Å². The second-order valence-electron chi connectivity index (χ2n) is 8.12. The fraction of sp³-hybridized carbons (Fsp3) is 0.600. The van der Waals surface area contributed by atoms with Gasteiger partial charge in [-0.05, 0) is 18.9 Å². The van der Waals surface area contributed by atoms with Crippen molar-refractivity contribution in [2.45, 2.75) is 32.2 Å². The van der Waals surface area contributed by atoms with Crippen LogP contribution in [0.4, 0.5) is 4.39 Å².